The predicted molar refractivity (Wildman–Crippen MR) is 148 cm³/mol. The van der Waals surface area contributed by atoms with Gasteiger partial charge >= 0.3 is 0 Å². The largest absolute Gasteiger partial charge is 0.508 e. The zero-order valence-corrected chi connectivity index (χ0v) is 23.0. The molecule has 4 atom stereocenters. The fraction of sp³-hybridized carbons (Fsp3) is 0.290. The van der Waals surface area contributed by atoms with E-state index in [1.165, 1.54) is 56.7 Å². The van der Waals surface area contributed by atoms with E-state index in [2.05, 4.69) is 0 Å². The summed E-state index contributed by atoms with van der Waals surface area (Å²) < 4.78 is 11.2. The van der Waals surface area contributed by atoms with E-state index in [0.29, 0.717) is 11.1 Å². The number of ketones is 2. The summed E-state index contributed by atoms with van der Waals surface area (Å²) in [5, 5.41) is 21.4. The molecule has 0 radical (unpaired) electrons. The second kappa shape index (κ2) is 9.79. The minimum absolute atomic E-state index is 0.0877. The van der Waals surface area contributed by atoms with Gasteiger partial charge in [0.25, 0.3) is 5.69 Å². The number of nitro benzene ring substituents is 1. The Kier molecular flexibility index (Phi) is 6.32. The Morgan fingerprint density at radius 1 is 0.976 bits per heavy atom. The molecule has 0 spiro atoms. The SMILES string of the molecule is COc1cc(O)cc(OC)c1[C@H]1C2=CC[C@@H]3C(=O)N(c4ccc([N+](=O)[O-])cc4)C(=O)[C@@H]3[C@@H]2CC2=C1C(=O)C=C(C)C2=O. The number of allylic oxidation sites excluding steroid dienone is 6. The fourth-order valence-corrected chi connectivity index (χ4v) is 6.90. The lowest BCUT2D eigenvalue weighted by Crippen LogP contribution is -2.40. The number of carbonyl (C=O) groups is 4. The molecule has 214 valence electrons. The molecule has 6 rings (SSSR count). The zero-order chi connectivity index (χ0) is 30.0. The van der Waals surface area contributed by atoms with Gasteiger partial charge in [-0.3, -0.25) is 34.2 Å². The number of carbonyl (C=O) groups excluding carboxylic acids is 4. The van der Waals surface area contributed by atoms with Crippen molar-refractivity contribution in [2.24, 2.45) is 17.8 Å². The lowest BCUT2D eigenvalue weighted by atomic mass is 9.59. The Morgan fingerprint density at radius 2 is 1.62 bits per heavy atom. The number of ether oxygens (including phenoxy) is 2. The van der Waals surface area contributed by atoms with Crippen LogP contribution in [0.1, 0.15) is 31.2 Å². The number of anilines is 1. The van der Waals surface area contributed by atoms with E-state index in [1.807, 2.05) is 6.08 Å². The Balaban J connectivity index is 1.51. The third-order valence-electron chi connectivity index (χ3n) is 8.70. The maximum absolute atomic E-state index is 14.0. The van der Waals surface area contributed by atoms with Gasteiger partial charge in [0.2, 0.25) is 11.8 Å². The Morgan fingerprint density at radius 3 is 2.21 bits per heavy atom. The molecule has 2 aromatic carbocycles. The number of benzene rings is 2. The van der Waals surface area contributed by atoms with Gasteiger partial charge in [-0.15, -0.1) is 0 Å². The zero-order valence-electron chi connectivity index (χ0n) is 23.0. The van der Waals surface area contributed by atoms with Crippen molar-refractivity contribution in [3.63, 3.8) is 0 Å². The molecule has 0 aromatic heterocycles. The molecule has 11 heteroatoms. The van der Waals surface area contributed by atoms with Gasteiger partial charge in [0.15, 0.2) is 11.6 Å². The molecular weight excluding hydrogens is 544 g/mol. The van der Waals surface area contributed by atoms with Crippen LogP contribution in [-0.2, 0) is 19.2 Å². The number of hydrogen-bond acceptors (Lipinski definition) is 9. The van der Waals surface area contributed by atoms with Gasteiger partial charge in [0, 0.05) is 52.5 Å². The Hall–Kier alpha value is -5.06. The van der Waals surface area contributed by atoms with Crippen molar-refractivity contribution < 1.29 is 38.7 Å². The highest BCUT2D eigenvalue weighted by Gasteiger charge is 2.57. The van der Waals surface area contributed by atoms with Crippen LogP contribution in [0.5, 0.6) is 17.2 Å². The van der Waals surface area contributed by atoms with Crippen LogP contribution in [-0.4, -0.2) is 47.6 Å². The maximum atomic E-state index is 14.0. The van der Waals surface area contributed by atoms with Gasteiger partial charge in [0.05, 0.1) is 36.7 Å². The highest BCUT2D eigenvalue weighted by atomic mass is 16.6. The first-order chi connectivity index (χ1) is 20.1. The van der Waals surface area contributed by atoms with Crippen molar-refractivity contribution in [3.05, 3.63) is 86.5 Å². The molecule has 11 nitrogen and oxygen atoms in total. The van der Waals surface area contributed by atoms with Crippen molar-refractivity contribution >= 4 is 34.8 Å². The highest BCUT2D eigenvalue weighted by Crippen LogP contribution is 2.58. The molecular formula is C31H26N2O9. The molecule has 4 aliphatic rings. The van der Waals surface area contributed by atoms with Crippen molar-refractivity contribution in [2.75, 3.05) is 19.1 Å². The van der Waals surface area contributed by atoms with E-state index in [9.17, 15) is 34.4 Å². The topological polar surface area (TPSA) is 153 Å². The third-order valence-corrected chi connectivity index (χ3v) is 8.70. The molecule has 0 saturated carbocycles. The van der Waals surface area contributed by atoms with Gasteiger partial charge in [0.1, 0.15) is 17.2 Å². The number of non-ortho nitro benzene ring substituents is 1. The van der Waals surface area contributed by atoms with E-state index in [0.717, 1.165) is 4.90 Å². The summed E-state index contributed by atoms with van der Waals surface area (Å²) in [7, 11) is 2.83. The standard InChI is InChI=1S/C31H26N2O9/c1-14-10-22(35)26-21(29(14)36)13-20-18(27(26)28-23(41-2)11-17(34)12-24(28)42-3)8-9-19-25(20)31(38)32(30(19)37)15-4-6-16(7-5-15)33(39)40/h4-8,10-12,19-20,25,27,34H,9,13H2,1-3H3/t19-,20+,25-,27-/m0/s1. The first-order valence-electron chi connectivity index (χ1n) is 13.3. The van der Waals surface area contributed by atoms with Crippen molar-refractivity contribution in [2.45, 2.75) is 25.7 Å². The average molecular weight is 571 g/mol. The molecule has 42 heavy (non-hydrogen) atoms. The van der Waals surface area contributed by atoms with Gasteiger partial charge in [-0.05, 0) is 43.9 Å². The number of hydrogen-bond donors (Lipinski definition) is 1. The van der Waals surface area contributed by atoms with Crippen LogP contribution in [0.4, 0.5) is 11.4 Å². The van der Waals surface area contributed by atoms with E-state index in [-0.39, 0.29) is 69.8 Å². The summed E-state index contributed by atoms with van der Waals surface area (Å²) in [6.45, 7) is 1.57. The van der Waals surface area contributed by atoms with Crippen LogP contribution in [0.3, 0.4) is 0 Å². The molecule has 2 amide bonds. The Bertz CT molecular complexity index is 1670. The first-order valence-corrected chi connectivity index (χ1v) is 13.3. The van der Waals surface area contributed by atoms with Crippen molar-refractivity contribution in [3.8, 4) is 17.2 Å². The van der Waals surface area contributed by atoms with Gasteiger partial charge in [-0.25, -0.2) is 0 Å². The number of nitro groups is 1. The van der Waals surface area contributed by atoms with Crippen LogP contribution in [0.2, 0.25) is 0 Å². The quantitative estimate of drug-likeness (QED) is 0.185. The molecule has 1 fully saturated rings. The summed E-state index contributed by atoms with van der Waals surface area (Å²) >= 11 is 0. The third kappa shape index (κ3) is 3.87. The lowest BCUT2D eigenvalue weighted by Gasteiger charge is -2.42. The van der Waals surface area contributed by atoms with E-state index < -0.39 is 40.4 Å². The number of methoxy groups -OCH3 is 2. The number of aromatic hydroxyl groups is 1. The molecule has 1 aliphatic heterocycles. The number of phenols is 1. The summed E-state index contributed by atoms with van der Waals surface area (Å²) in [6, 6.07) is 8.00. The van der Waals surface area contributed by atoms with E-state index in [1.54, 1.807) is 6.92 Å². The number of fused-ring (bicyclic) bond motifs is 3. The predicted octanol–water partition coefficient (Wildman–Crippen LogP) is 3.95. The molecule has 1 heterocycles. The number of phenolic OH excluding ortho intramolecular Hbond substituents is 1. The number of imide groups is 1. The van der Waals surface area contributed by atoms with Crippen molar-refractivity contribution in [1.29, 1.82) is 0 Å². The van der Waals surface area contributed by atoms with Crippen LogP contribution in [0.15, 0.2) is 70.8 Å². The van der Waals surface area contributed by atoms with Gasteiger partial charge in [-0.1, -0.05) is 11.6 Å². The smallest absolute Gasteiger partial charge is 0.269 e. The fourth-order valence-electron chi connectivity index (χ4n) is 6.90. The van der Waals surface area contributed by atoms with Crippen LogP contribution in [0.25, 0.3) is 0 Å². The molecule has 2 aromatic rings. The van der Waals surface area contributed by atoms with Crippen LogP contribution < -0.4 is 14.4 Å². The molecule has 0 unspecified atom stereocenters. The number of nitrogens with zero attached hydrogens (tertiary/aromatic N) is 2. The van der Waals surface area contributed by atoms with Crippen molar-refractivity contribution in [1.82, 2.24) is 0 Å². The van der Waals surface area contributed by atoms with Crippen LogP contribution >= 0.6 is 0 Å². The second-order valence-electron chi connectivity index (χ2n) is 10.8. The highest BCUT2D eigenvalue weighted by molar-refractivity contribution is 6.25. The minimum Gasteiger partial charge on any atom is -0.508 e. The lowest BCUT2D eigenvalue weighted by molar-refractivity contribution is -0.384. The normalized spacial score (nSPS) is 25.0. The number of rotatable bonds is 5. The average Bonchev–Trinajstić information content (AvgIpc) is 3.23. The molecule has 1 N–H and O–H groups in total. The van der Waals surface area contributed by atoms with E-state index in [4.69, 9.17) is 9.47 Å². The molecule has 1 saturated heterocycles. The number of Topliss-reactive ketones (excluding diaryl/α,β-unsaturated/α-hetero) is 1. The maximum Gasteiger partial charge on any atom is 0.269 e. The summed E-state index contributed by atoms with van der Waals surface area (Å²) in [5.41, 5.74) is 1.99. The second-order valence-corrected chi connectivity index (χ2v) is 10.8. The summed E-state index contributed by atoms with van der Waals surface area (Å²) in [5.74, 6) is -4.16. The molecule has 0 bridgehead atoms. The van der Waals surface area contributed by atoms with Crippen LogP contribution in [0, 0.1) is 27.9 Å². The van der Waals surface area contributed by atoms with Gasteiger partial charge < -0.3 is 14.6 Å². The Labute approximate surface area is 239 Å². The number of amides is 2. The minimum atomic E-state index is -0.831. The summed E-state index contributed by atoms with van der Waals surface area (Å²) in [6.07, 6.45) is 3.47. The monoisotopic (exact) mass is 570 g/mol. The van der Waals surface area contributed by atoms with Gasteiger partial charge in [-0.2, -0.15) is 0 Å². The first kappa shape index (κ1) is 27.1. The van der Waals surface area contributed by atoms with E-state index >= 15 is 0 Å². The summed E-state index contributed by atoms with van der Waals surface area (Å²) in [4.78, 5) is 66.3. The molecule has 3 aliphatic carbocycles.